The van der Waals surface area contributed by atoms with E-state index in [9.17, 15) is 10.1 Å². The first-order valence-corrected chi connectivity index (χ1v) is 8.99. The number of hydrogen-bond acceptors (Lipinski definition) is 5. The summed E-state index contributed by atoms with van der Waals surface area (Å²) in [6, 6.07) is 14.1. The van der Waals surface area contributed by atoms with Crippen molar-refractivity contribution in [2.75, 3.05) is 26.1 Å². The van der Waals surface area contributed by atoms with Gasteiger partial charge in [0.05, 0.1) is 20.8 Å². The first-order chi connectivity index (χ1) is 13.6. The molecule has 2 aromatic rings. The molecule has 0 aliphatic carbocycles. The Balaban J connectivity index is 2.15. The summed E-state index contributed by atoms with van der Waals surface area (Å²) in [5.74, 6) is 1.38. The number of rotatable bonds is 9. The summed E-state index contributed by atoms with van der Waals surface area (Å²) >= 11 is 0. The van der Waals surface area contributed by atoms with Crippen molar-refractivity contribution < 1.29 is 19.0 Å². The van der Waals surface area contributed by atoms with E-state index >= 15 is 0 Å². The Labute approximate surface area is 165 Å². The van der Waals surface area contributed by atoms with Crippen molar-refractivity contribution in [3.05, 3.63) is 53.6 Å². The summed E-state index contributed by atoms with van der Waals surface area (Å²) in [6.07, 6.45) is 3.50. The van der Waals surface area contributed by atoms with Gasteiger partial charge in [0.15, 0.2) is 11.5 Å². The van der Waals surface area contributed by atoms with Crippen LogP contribution in [0.3, 0.4) is 0 Å². The SMILES string of the molecule is CCCCOc1ccc(C=C(C#N)C(=O)Nc2ccc(OC)cc2)cc1OC. The van der Waals surface area contributed by atoms with E-state index in [-0.39, 0.29) is 5.57 Å². The van der Waals surface area contributed by atoms with Crippen LogP contribution in [0.1, 0.15) is 25.3 Å². The van der Waals surface area contributed by atoms with Crippen LogP contribution in [0, 0.1) is 11.3 Å². The molecule has 0 unspecified atom stereocenters. The highest BCUT2D eigenvalue weighted by atomic mass is 16.5. The van der Waals surface area contributed by atoms with Crippen LogP contribution in [0.15, 0.2) is 48.0 Å². The molecule has 0 heterocycles. The Bertz CT molecular complexity index is 867. The second kappa shape index (κ2) is 10.6. The fourth-order valence-electron chi connectivity index (χ4n) is 2.41. The first kappa shape index (κ1) is 20.8. The summed E-state index contributed by atoms with van der Waals surface area (Å²) in [6.45, 7) is 2.70. The fraction of sp³-hybridized carbons (Fsp3) is 0.273. The Kier molecular flexibility index (Phi) is 7.92. The van der Waals surface area contributed by atoms with Crippen LogP contribution in [0.25, 0.3) is 6.08 Å². The third-order valence-corrected chi connectivity index (χ3v) is 3.97. The predicted molar refractivity (Wildman–Crippen MR) is 109 cm³/mol. The Morgan fingerprint density at radius 1 is 1.11 bits per heavy atom. The van der Waals surface area contributed by atoms with Gasteiger partial charge in [-0.25, -0.2) is 0 Å². The van der Waals surface area contributed by atoms with E-state index in [1.54, 1.807) is 56.7 Å². The number of hydrogen-bond donors (Lipinski definition) is 1. The minimum atomic E-state index is -0.491. The second-order valence-electron chi connectivity index (χ2n) is 5.96. The smallest absolute Gasteiger partial charge is 0.266 e. The maximum atomic E-state index is 12.4. The number of carbonyl (C=O) groups excluding carboxylic acids is 1. The van der Waals surface area contributed by atoms with E-state index in [0.29, 0.717) is 35.1 Å². The van der Waals surface area contributed by atoms with Gasteiger partial charge in [-0.2, -0.15) is 5.26 Å². The van der Waals surface area contributed by atoms with Crippen LogP contribution in [-0.2, 0) is 4.79 Å². The van der Waals surface area contributed by atoms with Crippen molar-refractivity contribution in [2.24, 2.45) is 0 Å². The number of nitrogens with one attached hydrogen (secondary N) is 1. The molecule has 0 spiro atoms. The molecule has 146 valence electrons. The normalized spacial score (nSPS) is 10.7. The Morgan fingerprint density at radius 2 is 1.86 bits per heavy atom. The molecule has 0 aliphatic rings. The predicted octanol–water partition coefficient (Wildman–Crippen LogP) is 4.43. The molecule has 1 amide bonds. The number of ether oxygens (including phenoxy) is 3. The molecule has 1 N–H and O–H groups in total. The highest BCUT2D eigenvalue weighted by Gasteiger charge is 2.11. The molecule has 0 saturated heterocycles. The molecule has 6 heteroatoms. The summed E-state index contributed by atoms with van der Waals surface area (Å²) in [7, 11) is 3.12. The number of anilines is 1. The van der Waals surface area contributed by atoms with Crippen LogP contribution in [-0.4, -0.2) is 26.7 Å². The lowest BCUT2D eigenvalue weighted by molar-refractivity contribution is -0.112. The van der Waals surface area contributed by atoms with Gasteiger partial charge in [0, 0.05) is 5.69 Å². The van der Waals surface area contributed by atoms with Crippen molar-refractivity contribution >= 4 is 17.7 Å². The minimum Gasteiger partial charge on any atom is -0.497 e. The van der Waals surface area contributed by atoms with Crippen LogP contribution in [0.4, 0.5) is 5.69 Å². The summed E-state index contributed by atoms with van der Waals surface area (Å²) < 4.78 is 16.1. The third-order valence-electron chi connectivity index (χ3n) is 3.97. The van der Waals surface area contributed by atoms with Crippen molar-refractivity contribution in [3.8, 4) is 23.3 Å². The zero-order valence-electron chi connectivity index (χ0n) is 16.3. The maximum absolute atomic E-state index is 12.4. The topological polar surface area (TPSA) is 80.6 Å². The number of nitrogens with zero attached hydrogens (tertiary/aromatic N) is 1. The van der Waals surface area contributed by atoms with Crippen LogP contribution in [0.5, 0.6) is 17.2 Å². The summed E-state index contributed by atoms with van der Waals surface area (Å²) in [4.78, 5) is 12.4. The molecule has 0 aromatic heterocycles. The van der Waals surface area contributed by atoms with E-state index in [4.69, 9.17) is 14.2 Å². The quantitative estimate of drug-likeness (QED) is 0.395. The Hall–Kier alpha value is -3.46. The van der Waals surface area contributed by atoms with Gasteiger partial charge in [-0.3, -0.25) is 4.79 Å². The van der Waals surface area contributed by atoms with E-state index in [1.807, 2.05) is 6.07 Å². The lowest BCUT2D eigenvalue weighted by atomic mass is 10.1. The molecule has 0 radical (unpaired) electrons. The molecule has 6 nitrogen and oxygen atoms in total. The van der Waals surface area contributed by atoms with Crippen molar-refractivity contribution in [3.63, 3.8) is 0 Å². The number of amides is 1. The first-order valence-electron chi connectivity index (χ1n) is 8.99. The standard InChI is InChI=1S/C22H24N2O4/c1-4-5-12-28-20-11-6-16(14-21(20)27-3)13-17(15-23)22(25)24-18-7-9-19(26-2)10-8-18/h6-11,13-14H,4-5,12H2,1-3H3,(H,24,25). The van der Waals surface area contributed by atoms with Crippen molar-refractivity contribution in [1.82, 2.24) is 0 Å². The van der Waals surface area contributed by atoms with Gasteiger partial charge in [-0.15, -0.1) is 0 Å². The van der Waals surface area contributed by atoms with E-state index in [0.717, 1.165) is 12.8 Å². The lowest BCUT2D eigenvalue weighted by Gasteiger charge is -2.11. The number of methoxy groups -OCH3 is 2. The van der Waals surface area contributed by atoms with Gasteiger partial charge in [0.25, 0.3) is 5.91 Å². The molecule has 2 aromatic carbocycles. The highest BCUT2D eigenvalue weighted by Crippen LogP contribution is 2.29. The molecule has 0 fully saturated rings. The van der Waals surface area contributed by atoms with Crippen molar-refractivity contribution in [1.29, 1.82) is 5.26 Å². The highest BCUT2D eigenvalue weighted by molar-refractivity contribution is 6.09. The second-order valence-corrected chi connectivity index (χ2v) is 5.96. The number of nitriles is 1. The van der Waals surface area contributed by atoms with Crippen LogP contribution >= 0.6 is 0 Å². The zero-order chi connectivity index (χ0) is 20.4. The van der Waals surface area contributed by atoms with Gasteiger partial charge in [-0.1, -0.05) is 19.4 Å². The van der Waals surface area contributed by atoms with Gasteiger partial charge in [-0.05, 0) is 54.5 Å². The van der Waals surface area contributed by atoms with Gasteiger partial charge in [0.1, 0.15) is 17.4 Å². The van der Waals surface area contributed by atoms with Gasteiger partial charge in [0.2, 0.25) is 0 Å². The monoisotopic (exact) mass is 380 g/mol. The molecule has 28 heavy (non-hydrogen) atoms. The molecular weight excluding hydrogens is 356 g/mol. The number of carbonyl (C=O) groups is 1. The van der Waals surface area contributed by atoms with E-state index in [1.165, 1.54) is 6.08 Å². The summed E-state index contributed by atoms with van der Waals surface area (Å²) in [5.41, 5.74) is 1.22. The summed E-state index contributed by atoms with van der Waals surface area (Å²) in [5, 5.41) is 12.1. The van der Waals surface area contributed by atoms with E-state index in [2.05, 4.69) is 12.2 Å². The van der Waals surface area contributed by atoms with Crippen molar-refractivity contribution in [2.45, 2.75) is 19.8 Å². The van der Waals surface area contributed by atoms with E-state index < -0.39 is 5.91 Å². The number of benzene rings is 2. The lowest BCUT2D eigenvalue weighted by Crippen LogP contribution is -2.13. The minimum absolute atomic E-state index is 0.0162. The largest absolute Gasteiger partial charge is 0.497 e. The molecule has 2 rings (SSSR count). The van der Waals surface area contributed by atoms with Crippen LogP contribution in [0.2, 0.25) is 0 Å². The van der Waals surface area contributed by atoms with Gasteiger partial charge >= 0.3 is 0 Å². The third kappa shape index (κ3) is 5.78. The molecule has 0 atom stereocenters. The average molecular weight is 380 g/mol. The van der Waals surface area contributed by atoms with Crippen LogP contribution < -0.4 is 19.5 Å². The molecular formula is C22H24N2O4. The molecule has 0 saturated carbocycles. The maximum Gasteiger partial charge on any atom is 0.266 e. The van der Waals surface area contributed by atoms with Gasteiger partial charge < -0.3 is 19.5 Å². The fourth-order valence-corrected chi connectivity index (χ4v) is 2.41. The average Bonchev–Trinajstić information content (AvgIpc) is 2.73. The molecule has 0 aliphatic heterocycles. The molecule has 0 bridgehead atoms. The zero-order valence-corrected chi connectivity index (χ0v) is 16.3. The number of unbranched alkanes of at least 4 members (excludes halogenated alkanes) is 1. The Morgan fingerprint density at radius 3 is 2.46 bits per heavy atom.